The molecule has 106 valence electrons. The molecule has 0 unspecified atom stereocenters. The molecule has 0 spiro atoms. The number of hydrogen-bond acceptors (Lipinski definition) is 4. The maximum atomic E-state index is 5.70. The number of hydrogen-bond donors (Lipinski definition) is 0. The predicted octanol–water partition coefficient (Wildman–Crippen LogP) is 0.925. The van der Waals surface area contributed by atoms with Crippen LogP contribution in [0, 0.1) is 0 Å². The molecule has 0 atom stereocenters. The summed E-state index contributed by atoms with van der Waals surface area (Å²) >= 11 is 0. The van der Waals surface area contributed by atoms with Crippen molar-refractivity contribution < 1.29 is 14.2 Å². The third-order valence-electron chi connectivity index (χ3n) is 3.03. The second-order valence-electron chi connectivity index (χ2n) is 4.44. The SMILES string of the molecule is Bc1cccc2c(OCCOCCOCC)nccc12. The summed E-state index contributed by atoms with van der Waals surface area (Å²) < 4.78 is 16.3. The van der Waals surface area contributed by atoms with Crippen molar-refractivity contribution in [3.63, 3.8) is 0 Å². The van der Waals surface area contributed by atoms with Crippen LogP contribution in [0.5, 0.6) is 5.88 Å². The number of nitrogens with zero attached hydrogens (tertiary/aromatic N) is 1. The Morgan fingerprint density at radius 1 is 1.00 bits per heavy atom. The average molecular weight is 273 g/mol. The van der Waals surface area contributed by atoms with Crippen molar-refractivity contribution in [2.24, 2.45) is 0 Å². The average Bonchev–Trinajstić information content (AvgIpc) is 2.47. The lowest BCUT2D eigenvalue weighted by atomic mass is 9.91. The summed E-state index contributed by atoms with van der Waals surface area (Å²) in [7, 11) is 2.09. The van der Waals surface area contributed by atoms with Gasteiger partial charge in [-0.1, -0.05) is 17.6 Å². The minimum Gasteiger partial charge on any atom is -0.475 e. The van der Waals surface area contributed by atoms with E-state index in [9.17, 15) is 0 Å². The van der Waals surface area contributed by atoms with Crippen molar-refractivity contribution in [2.45, 2.75) is 6.92 Å². The highest BCUT2D eigenvalue weighted by Crippen LogP contribution is 2.20. The predicted molar refractivity (Wildman–Crippen MR) is 82.7 cm³/mol. The minimum atomic E-state index is 0.492. The summed E-state index contributed by atoms with van der Waals surface area (Å²) in [6, 6.07) is 8.14. The number of fused-ring (bicyclic) bond motifs is 1. The van der Waals surface area contributed by atoms with Gasteiger partial charge in [-0.2, -0.15) is 0 Å². The Labute approximate surface area is 120 Å². The summed E-state index contributed by atoms with van der Waals surface area (Å²) in [5.74, 6) is 0.666. The van der Waals surface area contributed by atoms with Crippen molar-refractivity contribution in [3.8, 4) is 5.88 Å². The Morgan fingerprint density at radius 2 is 1.80 bits per heavy atom. The summed E-state index contributed by atoms with van der Waals surface area (Å²) in [6.45, 7) is 4.95. The highest BCUT2D eigenvalue weighted by atomic mass is 16.5. The Kier molecular flexibility index (Phi) is 5.83. The molecule has 20 heavy (non-hydrogen) atoms. The fourth-order valence-electron chi connectivity index (χ4n) is 2.01. The molecule has 0 bridgehead atoms. The van der Waals surface area contributed by atoms with Crippen LogP contribution >= 0.6 is 0 Å². The lowest BCUT2D eigenvalue weighted by Crippen LogP contribution is -2.12. The van der Waals surface area contributed by atoms with Crippen molar-refractivity contribution >= 4 is 24.1 Å². The normalized spacial score (nSPS) is 10.8. The molecule has 2 aromatic rings. The first-order valence-corrected chi connectivity index (χ1v) is 6.95. The molecule has 5 heteroatoms. The van der Waals surface area contributed by atoms with Gasteiger partial charge in [0.05, 0.1) is 19.8 Å². The van der Waals surface area contributed by atoms with E-state index in [1.54, 1.807) is 6.20 Å². The first-order chi connectivity index (χ1) is 9.83. The van der Waals surface area contributed by atoms with E-state index in [0.717, 1.165) is 12.0 Å². The van der Waals surface area contributed by atoms with E-state index in [-0.39, 0.29) is 0 Å². The standard InChI is InChI=1S/C15H20BNO3/c1-2-18-8-9-19-10-11-20-15-13-4-3-5-14(16)12(13)6-7-17-15/h3-7H,2,8-11,16H2,1H3. The smallest absolute Gasteiger partial charge is 0.221 e. The molecule has 0 fully saturated rings. The zero-order chi connectivity index (χ0) is 14.2. The van der Waals surface area contributed by atoms with Gasteiger partial charge >= 0.3 is 0 Å². The number of benzene rings is 1. The van der Waals surface area contributed by atoms with Gasteiger partial charge in [-0.25, -0.2) is 4.98 Å². The highest BCUT2D eigenvalue weighted by Gasteiger charge is 2.04. The van der Waals surface area contributed by atoms with Crippen LogP contribution < -0.4 is 10.2 Å². The molecule has 1 aromatic carbocycles. The molecule has 1 aromatic heterocycles. The number of rotatable bonds is 8. The second-order valence-corrected chi connectivity index (χ2v) is 4.44. The molecule has 0 amide bonds. The van der Waals surface area contributed by atoms with Gasteiger partial charge in [-0.05, 0) is 24.4 Å². The Balaban J connectivity index is 1.86. The van der Waals surface area contributed by atoms with E-state index < -0.39 is 0 Å². The third-order valence-corrected chi connectivity index (χ3v) is 3.03. The fourth-order valence-corrected chi connectivity index (χ4v) is 2.01. The van der Waals surface area contributed by atoms with Gasteiger partial charge in [-0.15, -0.1) is 0 Å². The minimum absolute atomic E-state index is 0.492. The van der Waals surface area contributed by atoms with Crippen LogP contribution in [0.25, 0.3) is 10.8 Å². The number of pyridine rings is 1. The lowest BCUT2D eigenvalue weighted by Gasteiger charge is -2.10. The van der Waals surface area contributed by atoms with Gasteiger partial charge in [0.2, 0.25) is 5.88 Å². The highest BCUT2D eigenvalue weighted by molar-refractivity contribution is 6.38. The molecule has 1 heterocycles. The van der Waals surface area contributed by atoms with Gasteiger partial charge in [0.25, 0.3) is 0 Å². The lowest BCUT2D eigenvalue weighted by molar-refractivity contribution is 0.0401. The van der Waals surface area contributed by atoms with Gasteiger partial charge in [0.1, 0.15) is 14.5 Å². The van der Waals surface area contributed by atoms with Crippen LogP contribution in [0.2, 0.25) is 0 Å². The Hall–Kier alpha value is -1.59. The third kappa shape index (κ3) is 3.95. The molecule has 0 aliphatic rings. The second kappa shape index (κ2) is 7.87. The van der Waals surface area contributed by atoms with Crippen LogP contribution in [0.4, 0.5) is 0 Å². The number of aromatic nitrogens is 1. The molecule has 2 rings (SSSR count). The summed E-state index contributed by atoms with van der Waals surface area (Å²) in [5, 5.41) is 2.22. The zero-order valence-corrected chi connectivity index (χ0v) is 12.1. The largest absolute Gasteiger partial charge is 0.475 e. The van der Waals surface area contributed by atoms with Gasteiger partial charge < -0.3 is 14.2 Å². The summed E-state index contributed by atoms with van der Waals surface area (Å²) in [6.07, 6.45) is 1.78. The summed E-state index contributed by atoms with van der Waals surface area (Å²) in [4.78, 5) is 4.29. The number of ether oxygens (including phenoxy) is 3. The Morgan fingerprint density at radius 3 is 2.65 bits per heavy atom. The van der Waals surface area contributed by atoms with Crippen molar-refractivity contribution in [1.82, 2.24) is 4.98 Å². The van der Waals surface area contributed by atoms with Crippen LogP contribution in [-0.4, -0.2) is 45.9 Å². The topological polar surface area (TPSA) is 40.6 Å². The van der Waals surface area contributed by atoms with Crippen LogP contribution in [-0.2, 0) is 9.47 Å². The molecule has 0 N–H and O–H groups in total. The van der Waals surface area contributed by atoms with E-state index in [4.69, 9.17) is 14.2 Å². The first kappa shape index (κ1) is 14.8. The van der Waals surface area contributed by atoms with Gasteiger partial charge in [0, 0.05) is 18.2 Å². The quantitative estimate of drug-likeness (QED) is 0.530. The molecule has 4 nitrogen and oxygen atoms in total. The Bertz CT molecular complexity index is 548. The van der Waals surface area contributed by atoms with E-state index in [1.165, 1.54) is 10.8 Å². The molecule has 0 saturated carbocycles. The maximum Gasteiger partial charge on any atom is 0.221 e. The molecule has 0 aliphatic carbocycles. The molecule has 0 radical (unpaired) electrons. The van der Waals surface area contributed by atoms with Crippen molar-refractivity contribution in [1.29, 1.82) is 0 Å². The van der Waals surface area contributed by atoms with E-state index in [0.29, 0.717) is 32.3 Å². The molecular weight excluding hydrogens is 253 g/mol. The van der Waals surface area contributed by atoms with E-state index >= 15 is 0 Å². The molecular formula is C15H20BNO3. The van der Waals surface area contributed by atoms with Crippen LogP contribution in [0.3, 0.4) is 0 Å². The van der Waals surface area contributed by atoms with Crippen LogP contribution in [0.1, 0.15) is 6.92 Å². The zero-order valence-electron chi connectivity index (χ0n) is 12.1. The molecule has 0 aliphatic heterocycles. The van der Waals surface area contributed by atoms with Gasteiger partial charge in [-0.3, -0.25) is 0 Å². The first-order valence-electron chi connectivity index (χ1n) is 6.95. The van der Waals surface area contributed by atoms with E-state index in [2.05, 4.69) is 18.9 Å². The maximum absolute atomic E-state index is 5.70. The monoisotopic (exact) mass is 273 g/mol. The van der Waals surface area contributed by atoms with E-state index in [1.807, 2.05) is 25.1 Å². The molecule has 0 saturated heterocycles. The van der Waals surface area contributed by atoms with Crippen LogP contribution in [0.15, 0.2) is 30.5 Å². The summed E-state index contributed by atoms with van der Waals surface area (Å²) in [5.41, 5.74) is 1.22. The van der Waals surface area contributed by atoms with Crippen molar-refractivity contribution in [3.05, 3.63) is 30.5 Å². The fraction of sp³-hybridized carbons (Fsp3) is 0.400. The van der Waals surface area contributed by atoms with Gasteiger partial charge in [0.15, 0.2) is 0 Å². The van der Waals surface area contributed by atoms with Crippen molar-refractivity contribution in [2.75, 3.05) is 33.0 Å².